The quantitative estimate of drug-likeness (QED) is 0.551. The molecule has 184 valence electrons. The zero-order valence-electron chi connectivity index (χ0n) is 19.5. The minimum absolute atomic E-state index is 0.00944. The number of methoxy groups -OCH3 is 1. The summed E-state index contributed by atoms with van der Waals surface area (Å²) in [5.41, 5.74) is 2.69. The van der Waals surface area contributed by atoms with Crippen molar-refractivity contribution < 1.29 is 23.1 Å². The molecule has 10 heteroatoms. The van der Waals surface area contributed by atoms with Crippen LogP contribution in [0, 0.1) is 17.1 Å². The number of nitriles is 1. The number of amides is 1. The number of halogens is 1. The Morgan fingerprint density at radius 3 is 2.83 bits per heavy atom. The maximum atomic E-state index is 14.9. The summed E-state index contributed by atoms with van der Waals surface area (Å²) in [4.78, 5) is 24.4. The molecule has 1 saturated heterocycles. The van der Waals surface area contributed by atoms with Gasteiger partial charge in [0.05, 0.1) is 24.3 Å². The Labute approximate surface area is 201 Å². The lowest BCUT2D eigenvalue weighted by Gasteiger charge is -2.25. The van der Waals surface area contributed by atoms with Gasteiger partial charge in [0.2, 0.25) is 0 Å². The molecule has 0 saturated carbocycles. The third-order valence-corrected chi connectivity index (χ3v) is 6.16. The molecule has 35 heavy (non-hydrogen) atoms. The van der Waals surface area contributed by atoms with E-state index in [1.807, 2.05) is 6.07 Å². The SMILES string of the molecule is CO[C@H]1CCO[C@H](C(=O)N[C@H](C#N)Cc2ccc(-c3ccc4oc(=O)n(C)c4c3)cc2F)CNC1. The first-order valence-electron chi connectivity index (χ1n) is 11.3. The number of hydrogen-bond acceptors (Lipinski definition) is 7. The number of nitrogens with one attached hydrogen (secondary N) is 2. The van der Waals surface area contributed by atoms with Gasteiger partial charge in [-0.3, -0.25) is 9.36 Å². The molecule has 1 amide bonds. The topological polar surface area (TPSA) is 119 Å². The number of aryl methyl sites for hydroxylation is 1. The molecule has 1 aliphatic rings. The molecule has 4 rings (SSSR count). The van der Waals surface area contributed by atoms with Crippen LogP contribution in [0.4, 0.5) is 4.39 Å². The van der Waals surface area contributed by atoms with E-state index in [-0.39, 0.29) is 12.5 Å². The molecule has 9 nitrogen and oxygen atoms in total. The lowest BCUT2D eigenvalue weighted by Crippen LogP contribution is -2.49. The highest BCUT2D eigenvalue weighted by Gasteiger charge is 2.25. The van der Waals surface area contributed by atoms with Gasteiger partial charge in [-0.25, -0.2) is 9.18 Å². The van der Waals surface area contributed by atoms with Crippen molar-refractivity contribution in [2.75, 3.05) is 26.8 Å². The second-order valence-corrected chi connectivity index (χ2v) is 8.47. The van der Waals surface area contributed by atoms with Crippen molar-refractivity contribution in [2.45, 2.75) is 31.1 Å². The maximum Gasteiger partial charge on any atom is 0.419 e. The number of rotatable bonds is 6. The van der Waals surface area contributed by atoms with Crippen LogP contribution < -0.4 is 16.4 Å². The van der Waals surface area contributed by atoms with Gasteiger partial charge in [-0.15, -0.1) is 0 Å². The van der Waals surface area contributed by atoms with E-state index in [0.717, 1.165) is 0 Å². The molecule has 0 aliphatic carbocycles. The second kappa shape index (κ2) is 10.8. The standard InChI is InChI=1S/C25H27FN4O5/c1-30-21-11-16(5-6-22(21)35-25(30)32)15-3-4-17(20(26)10-15)9-18(12-27)29-24(31)23-14-28-13-19(33-2)7-8-34-23/h3-6,10-11,18-19,23,28H,7-9,13-14H2,1-2H3,(H,29,31)/t18-,19-,23-/m0/s1. The van der Waals surface area contributed by atoms with Crippen LogP contribution >= 0.6 is 0 Å². The molecule has 3 atom stereocenters. The highest BCUT2D eigenvalue weighted by Crippen LogP contribution is 2.26. The minimum Gasteiger partial charge on any atom is -0.408 e. The third-order valence-electron chi connectivity index (χ3n) is 6.16. The highest BCUT2D eigenvalue weighted by atomic mass is 19.1. The molecule has 1 aromatic heterocycles. The number of hydrogen-bond donors (Lipinski definition) is 2. The van der Waals surface area contributed by atoms with Gasteiger partial charge in [-0.05, 0) is 41.3 Å². The van der Waals surface area contributed by atoms with Gasteiger partial charge in [0.15, 0.2) is 5.58 Å². The van der Waals surface area contributed by atoms with Crippen LogP contribution in [-0.2, 0) is 27.7 Å². The van der Waals surface area contributed by atoms with Crippen LogP contribution in [-0.4, -0.2) is 55.5 Å². The van der Waals surface area contributed by atoms with Gasteiger partial charge in [-0.1, -0.05) is 18.2 Å². The Hall–Kier alpha value is -3.52. The fraction of sp³-hybridized carbons (Fsp3) is 0.400. The van der Waals surface area contributed by atoms with Crippen molar-refractivity contribution in [3.63, 3.8) is 0 Å². The number of fused-ring (bicyclic) bond motifs is 1. The summed E-state index contributed by atoms with van der Waals surface area (Å²) >= 11 is 0. The van der Waals surface area contributed by atoms with E-state index in [1.54, 1.807) is 44.5 Å². The van der Waals surface area contributed by atoms with E-state index in [4.69, 9.17) is 13.9 Å². The van der Waals surface area contributed by atoms with E-state index < -0.39 is 29.6 Å². The third kappa shape index (κ3) is 5.59. The molecule has 1 aliphatic heterocycles. The average molecular weight is 483 g/mol. The summed E-state index contributed by atoms with van der Waals surface area (Å²) in [6, 6.07) is 11.0. The second-order valence-electron chi connectivity index (χ2n) is 8.47. The number of carbonyl (C=O) groups is 1. The van der Waals surface area contributed by atoms with Crippen molar-refractivity contribution in [1.82, 2.24) is 15.2 Å². The van der Waals surface area contributed by atoms with E-state index in [9.17, 15) is 19.2 Å². The van der Waals surface area contributed by atoms with Crippen molar-refractivity contribution in [1.29, 1.82) is 5.26 Å². The zero-order valence-corrected chi connectivity index (χ0v) is 19.5. The molecule has 0 bridgehead atoms. The number of ether oxygens (including phenoxy) is 2. The fourth-order valence-corrected chi connectivity index (χ4v) is 4.06. The Bertz CT molecular complexity index is 1300. The van der Waals surface area contributed by atoms with Gasteiger partial charge in [0.25, 0.3) is 5.91 Å². The van der Waals surface area contributed by atoms with E-state index in [0.29, 0.717) is 53.9 Å². The number of oxazole rings is 1. The van der Waals surface area contributed by atoms with Gasteiger partial charge in [-0.2, -0.15) is 5.26 Å². The van der Waals surface area contributed by atoms with Crippen molar-refractivity contribution in [3.8, 4) is 17.2 Å². The number of aromatic nitrogens is 1. The molecule has 0 unspecified atom stereocenters. The highest BCUT2D eigenvalue weighted by molar-refractivity contribution is 5.82. The summed E-state index contributed by atoms with van der Waals surface area (Å²) < 4.78 is 32.4. The van der Waals surface area contributed by atoms with Crippen LogP contribution in [0.5, 0.6) is 0 Å². The molecule has 0 spiro atoms. The van der Waals surface area contributed by atoms with Crippen LogP contribution in [0.25, 0.3) is 22.2 Å². The summed E-state index contributed by atoms with van der Waals surface area (Å²) in [5.74, 6) is -1.38. The Kier molecular flexibility index (Phi) is 7.60. The molecule has 1 fully saturated rings. The van der Waals surface area contributed by atoms with Crippen molar-refractivity contribution >= 4 is 17.0 Å². The molecular formula is C25H27FN4O5. The van der Waals surface area contributed by atoms with Crippen LogP contribution in [0.1, 0.15) is 12.0 Å². The molecule has 0 radical (unpaired) electrons. The largest absolute Gasteiger partial charge is 0.419 e. The van der Waals surface area contributed by atoms with Gasteiger partial charge < -0.3 is 24.5 Å². The molecular weight excluding hydrogens is 455 g/mol. The van der Waals surface area contributed by atoms with E-state index >= 15 is 0 Å². The van der Waals surface area contributed by atoms with Gasteiger partial charge >= 0.3 is 5.76 Å². The molecule has 2 aromatic carbocycles. The minimum atomic E-state index is -0.916. The summed E-state index contributed by atoms with van der Waals surface area (Å²) in [7, 11) is 3.23. The first kappa shape index (κ1) is 24.6. The lowest BCUT2D eigenvalue weighted by atomic mass is 10.00. The maximum absolute atomic E-state index is 14.9. The van der Waals surface area contributed by atoms with Gasteiger partial charge in [0, 0.05) is 33.7 Å². The normalized spacial score (nSPS) is 19.5. The Balaban J connectivity index is 1.43. The lowest BCUT2D eigenvalue weighted by molar-refractivity contribution is -0.134. The van der Waals surface area contributed by atoms with E-state index in [1.165, 1.54) is 10.6 Å². The molecule has 3 aromatic rings. The van der Waals surface area contributed by atoms with Crippen LogP contribution in [0.15, 0.2) is 45.6 Å². The summed E-state index contributed by atoms with van der Waals surface area (Å²) in [5, 5.41) is 15.3. The average Bonchev–Trinajstić information content (AvgIpc) is 3.12. The summed E-state index contributed by atoms with van der Waals surface area (Å²) in [6.45, 7) is 1.26. The Morgan fingerprint density at radius 1 is 1.31 bits per heavy atom. The van der Waals surface area contributed by atoms with Crippen molar-refractivity contribution in [2.24, 2.45) is 7.05 Å². The monoisotopic (exact) mass is 482 g/mol. The Morgan fingerprint density at radius 2 is 2.09 bits per heavy atom. The zero-order chi connectivity index (χ0) is 24.9. The van der Waals surface area contributed by atoms with E-state index in [2.05, 4.69) is 10.6 Å². The first-order valence-corrected chi connectivity index (χ1v) is 11.3. The number of carbonyl (C=O) groups excluding carboxylic acids is 1. The fourth-order valence-electron chi connectivity index (χ4n) is 4.06. The first-order chi connectivity index (χ1) is 16.9. The smallest absolute Gasteiger partial charge is 0.408 e. The molecule has 2 N–H and O–H groups in total. The van der Waals surface area contributed by atoms with Gasteiger partial charge in [0.1, 0.15) is 18.0 Å². The van der Waals surface area contributed by atoms with Crippen molar-refractivity contribution in [3.05, 3.63) is 58.3 Å². The number of benzene rings is 2. The van der Waals surface area contributed by atoms with Crippen LogP contribution in [0.3, 0.4) is 0 Å². The summed E-state index contributed by atoms with van der Waals surface area (Å²) in [6.07, 6.45) is -0.0682. The predicted octanol–water partition coefficient (Wildman–Crippen LogP) is 1.88. The van der Waals surface area contributed by atoms with Crippen LogP contribution in [0.2, 0.25) is 0 Å². The number of nitrogens with zero attached hydrogens (tertiary/aromatic N) is 2. The molecule has 2 heterocycles. The predicted molar refractivity (Wildman–Crippen MR) is 126 cm³/mol.